The van der Waals surface area contributed by atoms with Crippen LogP contribution >= 0.6 is 11.3 Å². The van der Waals surface area contributed by atoms with Gasteiger partial charge in [-0.05, 0) is 51.7 Å². The van der Waals surface area contributed by atoms with E-state index in [1.54, 1.807) is 12.1 Å². The molecule has 0 radical (unpaired) electrons. The summed E-state index contributed by atoms with van der Waals surface area (Å²) in [6.07, 6.45) is 0.694. The summed E-state index contributed by atoms with van der Waals surface area (Å²) in [5.74, 6) is 1.33. The van der Waals surface area contributed by atoms with Crippen molar-refractivity contribution in [3.63, 3.8) is 0 Å². The van der Waals surface area contributed by atoms with Gasteiger partial charge in [-0.3, -0.25) is 0 Å². The maximum atomic E-state index is 13.7. The zero-order valence-corrected chi connectivity index (χ0v) is 32.0. The number of thiazole rings is 1. The van der Waals surface area contributed by atoms with Crippen molar-refractivity contribution in [3.05, 3.63) is 120 Å². The van der Waals surface area contributed by atoms with Gasteiger partial charge in [-0.15, -0.1) is 16.4 Å². The number of hydrogen-bond acceptors (Lipinski definition) is 8. The largest absolute Gasteiger partial charge is 0.406 e. The standard InChI is InChI=1S/C40H43FN8OSSi/c1-7-33-38(47(6)39-45-36(37(42-5)51-39)28-18-20-29(41)21-19-28)49-34(44-33)22-23-35(46-49)48-25-24-43-30(26-48)27-50-52(40(2,3)4,31-14-10-8-11-15-31)32-16-12-9-13-17-32/h8-23,30,43H,7,24-27H2,1-4,6H3/t30-/m0/s1. The maximum absolute atomic E-state index is 13.7. The summed E-state index contributed by atoms with van der Waals surface area (Å²) >= 11 is 1.30. The van der Waals surface area contributed by atoms with Crippen LogP contribution in [0.4, 0.5) is 26.2 Å². The van der Waals surface area contributed by atoms with Crippen LogP contribution in [0.3, 0.4) is 0 Å². The monoisotopic (exact) mass is 730 g/mol. The van der Waals surface area contributed by atoms with Crippen LogP contribution < -0.4 is 25.5 Å². The van der Waals surface area contributed by atoms with Crippen LogP contribution in [0, 0.1) is 12.4 Å². The van der Waals surface area contributed by atoms with Crippen molar-refractivity contribution in [2.24, 2.45) is 0 Å². The number of imidazole rings is 1. The zero-order valence-electron chi connectivity index (χ0n) is 30.2. The third-order valence-electron chi connectivity index (χ3n) is 9.76. The molecular formula is C40H43FN8OSSi. The molecule has 1 saturated heterocycles. The summed E-state index contributed by atoms with van der Waals surface area (Å²) in [6, 6.07) is 31.8. The van der Waals surface area contributed by atoms with Crippen molar-refractivity contribution in [2.75, 3.05) is 43.1 Å². The number of nitrogens with one attached hydrogen (secondary N) is 1. The van der Waals surface area contributed by atoms with Crippen LogP contribution in [-0.2, 0) is 10.8 Å². The number of aromatic nitrogens is 4. The molecule has 6 aromatic rings. The van der Waals surface area contributed by atoms with Gasteiger partial charge in [0.15, 0.2) is 16.6 Å². The lowest BCUT2D eigenvalue weighted by Gasteiger charge is -2.44. The Morgan fingerprint density at radius 1 is 0.981 bits per heavy atom. The molecule has 1 aliphatic heterocycles. The highest BCUT2D eigenvalue weighted by Gasteiger charge is 2.50. The Kier molecular flexibility index (Phi) is 9.95. The van der Waals surface area contributed by atoms with Crippen molar-refractivity contribution in [1.82, 2.24) is 24.9 Å². The smallest absolute Gasteiger partial charge is 0.270 e. The molecule has 1 N–H and O–H groups in total. The number of rotatable bonds is 10. The maximum Gasteiger partial charge on any atom is 0.270 e. The average Bonchev–Trinajstić information content (AvgIpc) is 3.77. The summed E-state index contributed by atoms with van der Waals surface area (Å²) in [5, 5.41) is 12.4. The first kappa shape index (κ1) is 35.5. The fraction of sp³-hybridized carbons (Fsp3) is 0.300. The molecule has 0 amide bonds. The minimum absolute atomic E-state index is 0.0938. The van der Waals surface area contributed by atoms with Gasteiger partial charge < -0.3 is 19.5 Å². The van der Waals surface area contributed by atoms with Gasteiger partial charge in [-0.25, -0.2) is 19.2 Å². The molecule has 3 aromatic heterocycles. The highest BCUT2D eigenvalue weighted by molar-refractivity contribution is 7.20. The lowest BCUT2D eigenvalue weighted by atomic mass is 10.1. The number of hydrogen-bond donors (Lipinski definition) is 1. The first-order chi connectivity index (χ1) is 25.1. The zero-order chi connectivity index (χ0) is 36.5. The van der Waals surface area contributed by atoms with Crippen molar-refractivity contribution >= 4 is 57.4 Å². The van der Waals surface area contributed by atoms with E-state index in [1.807, 2.05) is 28.6 Å². The van der Waals surface area contributed by atoms with E-state index >= 15 is 0 Å². The lowest BCUT2D eigenvalue weighted by Crippen LogP contribution is -2.68. The highest BCUT2D eigenvalue weighted by Crippen LogP contribution is 2.42. The van der Waals surface area contributed by atoms with Gasteiger partial charge in [0, 0.05) is 32.7 Å². The van der Waals surface area contributed by atoms with Crippen LogP contribution in [-0.4, -0.2) is 67.2 Å². The molecule has 0 saturated carbocycles. The summed E-state index contributed by atoms with van der Waals surface area (Å²) in [5.41, 5.74) is 2.86. The molecule has 3 aromatic carbocycles. The van der Waals surface area contributed by atoms with Crippen molar-refractivity contribution in [2.45, 2.75) is 45.2 Å². The summed E-state index contributed by atoms with van der Waals surface area (Å²) < 4.78 is 22.9. The van der Waals surface area contributed by atoms with E-state index in [4.69, 9.17) is 26.1 Å². The van der Waals surface area contributed by atoms with Gasteiger partial charge in [0.25, 0.3) is 13.3 Å². The van der Waals surface area contributed by atoms with E-state index < -0.39 is 8.32 Å². The van der Waals surface area contributed by atoms with E-state index in [1.165, 1.54) is 33.8 Å². The van der Waals surface area contributed by atoms with E-state index in [2.05, 4.69) is 103 Å². The molecule has 0 unspecified atom stereocenters. The second-order valence-corrected chi connectivity index (χ2v) is 19.4. The topological polar surface area (TPSA) is 75.2 Å². The molecule has 9 nitrogen and oxygen atoms in total. The Hall–Kier alpha value is -4.93. The van der Waals surface area contributed by atoms with E-state index in [9.17, 15) is 4.39 Å². The number of fused-ring (bicyclic) bond motifs is 1. The number of halogens is 1. The van der Waals surface area contributed by atoms with Crippen LogP contribution in [0.1, 0.15) is 33.4 Å². The van der Waals surface area contributed by atoms with Gasteiger partial charge in [0.1, 0.15) is 11.6 Å². The highest BCUT2D eigenvalue weighted by atomic mass is 32.1. The average molecular weight is 731 g/mol. The SMILES string of the molecule is [C-]#[N+]c1sc(N(C)c2c(CC)nc3ccc(N4CCN[C@H](CO[Si](c5ccccc5)(c5ccccc5)C(C)(C)C)C4)nn23)nc1-c1ccc(F)cc1. The second kappa shape index (κ2) is 14.6. The molecule has 0 aliphatic carbocycles. The number of aryl methyl sites for hydroxylation is 1. The fourth-order valence-electron chi connectivity index (χ4n) is 7.24. The van der Waals surface area contributed by atoms with Crippen LogP contribution in [0.2, 0.25) is 5.04 Å². The van der Waals surface area contributed by atoms with Crippen LogP contribution in [0.15, 0.2) is 97.1 Å². The van der Waals surface area contributed by atoms with E-state index in [0.717, 1.165) is 42.6 Å². The predicted octanol–water partition coefficient (Wildman–Crippen LogP) is 7.23. The Labute approximate surface area is 309 Å². The molecule has 266 valence electrons. The first-order valence-electron chi connectivity index (χ1n) is 17.6. The molecule has 12 heteroatoms. The van der Waals surface area contributed by atoms with Crippen LogP contribution in [0.25, 0.3) is 21.7 Å². The molecular weight excluding hydrogens is 688 g/mol. The molecule has 7 rings (SSSR count). The lowest BCUT2D eigenvalue weighted by molar-refractivity contribution is 0.242. The van der Waals surface area contributed by atoms with Gasteiger partial charge in [0.2, 0.25) is 0 Å². The quantitative estimate of drug-likeness (QED) is 0.118. The number of piperazine rings is 1. The Morgan fingerprint density at radius 2 is 1.65 bits per heavy atom. The van der Waals surface area contributed by atoms with Gasteiger partial charge >= 0.3 is 0 Å². The second-order valence-electron chi connectivity index (χ2n) is 14.1. The molecule has 52 heavy (non-hydrogen) atoms. The Bertz CT molecular complexity index is 2160. The Morgan fingerprint density at radius 3 is 2.27 bits per heavy atom. The number of nitrogens with zero attached hydrogens (tertiary/aromatic N) is 7. The Balaban J connectivity index is 1.17. The summed E-state index contributed by atoms with van der Waals surface area (Å²) in [4.78, 5) is 17.8. The molecule has 1 fully saturated rings. The first-order valence-corrected chi connectivity index (χ1v) is 20.4. The molecule has 4 heterocycles. The molecule has 1 atom stereocenters. The number of anilines is 3. The minimum Gasteiger partial charge on any atom is -0.406 e. The van der Waals surface area contributed by atoms with Gasteiger partial charge in [0.05, 0.1) is 24.6 Å². The number of benzene rings is 3. The predicted molar refractivity (Wildman–Crippen MR) is 212 cm³/mol. The third kappa shape index (κ3) is 6.61. The molecule has 0 spiro atoms. The summed E-state index contributed by atoms with van der Waals surface area (Å²) in [6.45, 7) is 19.7. The minimum atomic E-state index is -2.69. The third-order valence-corrected chi connectivity index (χ3v) is 15.8. The fourth-order valence-corrected chi connectivity index (χ4v) is 12.7. The van der Waals surface area contributed by atoms with Crippen LogP contribution in [0.5, 0.6) is 0 Å². The van der Waals surface area contributed by atoms with Gasteiger partial charge in [-0.2, -0.15) is 4.52 Å². The normalized spacial score (nSPS) is 15.2. The summed E-state index contributed by atoms with van der Waals surface area (Å²) in [7, 11) is -0.755. The van der Waals surface area contributed by atoms with E-state index in [-0.39, 0.29) is 16.9 Å². The molecule has 0 bridgehead atoms. The van der Waals surface area contributed by atoms with Crippen molar-refractivity contribution in [1.29, 1.82) is 0 Å². The van der Waals surface area contributed by atoms with Gasteiger partial charge in [-0.1, -0.05) is 100 Å². The van der Waals surface area contributed by atoms with Crippen molar-refractivity contribution < 1.29 is 8.82 Å². The molecule has 1 aliphatic rings. The van der Waals surface area contributed by atoms with E-state index in [0.29, 0.717) is 34.4 Å². The van der Waals surface area contributed by atoms with Crippen molar-refractivity contribution in [3.8, 4) is 11.3 Å².